The zero-order chi connectivity index (χ0) is 12.3. The van der Waals surface area contributed by atoms with Crippen LogP contribution in [-0.2, 0) is 0 Å². The van der Waals surface area contributed by atoms with E-state index in [-0.39, 0.29) is 0 Å². The van der Waals surface area contributed by atoms with Crippen LogP contribution in [0.3, 0.4) is 0 Å². The van der Waals surface area contributed by atoms with Crippen molar-refractivity contribution >= 4 is 0 Å². The number of hydrogen-bond donors (Lipinski definition) is 1. The van der Waals surface area contributed by atoms with E-state index in [2.05, 4.69) is 36.1 Å². The third-order valence-electron chi connectivity index (χ3n) is 4.51. The maximum absolute atomic E-state index is 3.82. The first-order chi connectivity index (χ1) is 8.11. The first kappa shape index (κ1) is 13.3. The Kier molecular flexibility index (Phi) is 4.45. The number of hydrogen-bond acceptors (Lipinski definition) is 3. The lowest BCUT2D eigenvalue weighted by molar-refractivity contribution is 0.0861. The monoisotopic (exact) mass is 239 g/mol. The van der Waals surface area contributed by atoms with Gasteiger partial charge in [-0.15, -0.1) is 0 Å². The molecule has 0 aromatic carbocycles. The molecule has 1 saturated carbocycles. The van der Waals surface area contributed by atoms with Crippen LogP contribution in [0, 0.1) is 0 Å². The molecule has 1 aliphatic heterocycles. The molecule has 3 heteroatoms. The lowest BCUT2D eigenvalue weighted by Crippen LogP contribution is -2.62. The normalized spacial score (nSPS) is 29.3. The van der Waals surface area contributed by atoms with Crippen molar-refractivity contribution in [2.45, 2.75) is 50.6 Å². The van der Waals surface area contributed by atoms with Crippen LogP contribution in [0.25, 0.3) is 0 Å². The summed E-state index contributed by atoms with van der Waals surface area (Å²) in [6.45, 7) is 7.31. The van der Waals surface area contributed by atoms with Gasteiger partial charge in [0.15, 0.2) is 0 Å². The molecule has 1 saturated heterocycles. The maximum Gasteiger partial charge on any atom is 0.0309 e. The minimum atomic E-state index is 0.477. The highest BCUT2D eigenvalue weighted by Crippen LogP contribution is 2.33. The van der Waals surface area contributed by atoms with Crippen LogP contribution in [-0.4, -0.2) is 61.7 Å². The van der Waals surface area contributed by atoms with Gasteiger partial charge < -0.3 is 10.2 Å². The van der Waals surface area contributed by atoms with E-state index in [1.54, 1.807) is 0 Å². The Balaban J connectivity index is 1.82. The summed E-state index contributed by atoms with van der Waals surface area (Å²) in [7, 11) is 4.33. The largest absolute Gasteiger partial charge is 0.309 e. The summed E-state index contributed by atoms with van der Waals surface area (Å²) in [5.74, 6) is 0. The van der Waals surface area contributed by atoms with Gasteiger partial charge in [-0.05, 0) is 53.4 Å². The second kappa shape index (κ2) is 5.68. The first-order valence-electron chi connectivity index (χ1n) is 7.25. The molecular formula is C14H29N3. The second-order valence-corrected chi connectivity index (χ2v) is 6.34. The quantitative estimate of drug-likeness (QED) is 0.803. The highest BCUT2D eigenvalue weighted by Gasteiger charge is 2.39. The van der Waals surface area contributed by atoms with Crippen molar-refractivity contribution in [2.24, 2.45) is 0 Å². The average Bonchev–Trinajstić information content (AvgIpc) is 2.72. The third-order valence-corrected chi connectivity index (χ3v) is 4.51. The first-order valence-corrected chi connectivity index (χ1v) is 7.25. The van der Waals surface area contributed by atoms with E-state index < -0.39 is 0 Å². The van der Waals surface area contributed by atoms with Crippen molar-refractivity contribution in [1.82, 2.24) is 15.1 Å². The molecule has 3 nitrogen and oxygen atoms in total. The Morgan fingerprint density at radius 1 is 1.29 bits per heavy atom. The van der Waals surface area contributed by atoms with Crippen molar-refractivity contribution in [3.63, 3.8) is 0 Å². The lowest BCUT2D eigenvalue weighted by atomic mass is 9.92. The molecular weight excluding hydrogens is 210 g/mol. The molecule has 0 amide bonds. The SMILES string of the molecule is CC1CNC2(CCCC2)CN1CCCN(C)C. The molecule has 2 fully saturated rings. The van der Waals surface area contributed by atoms with E-state index in [0.29, 0.717) is 11.6 Å². The van der Waals surface area contributed by atoms with Gasteiger partial charge in [-0.25, -0.2) is 0 Å². The zero-order valence-electron chi connectivity index (χ0n) is 11.8. The maximum atomic E-state index is 3.82. The molecule has 1 spiro atoms. The van der Waals surface area contributed by atoms with Gasteiger partial charge >= 0.3 is 0 Å². The molecule has 2 rings (SSSR count). The van der Waals surface area contributed by atoms with Gasteiger partial charge in [0.2, 0.25) is 0 Å². The summed E-state index contributed by atoms with van der Waals surface area (Å²) in [5.41, 5.74) is 0.477. The molecule has 100 valence electrons. The van der Waals surface area contributed by atoms with Crippen molar-refractivity contribution in [3.8, 4) is 0 Å². The molecule has 1 N–H and O–H groups in total. The van der Waals surface area contributed by atoms with Gasteiger partial charge in [-0.2, -0.15) is 0 Å². The van der Waals surface area contributed by atoms with Gasteiger partial charge in [0.05, 0.1) is 0 Å². The molecule has 17 heavy (non-hydrogen) atoms. The van der Waals surface area contributed by atoms with Gasteiger partial charge in [-0.1, -0.05) is 12.8 Å². The van der Waals surface area contributed by atoms with Gasteiger partial charge in [0, 0.05) is 24.7 Å². The summed E-state index contributed by atoms with van der Waals surface area (Å²) >= 11 is 0. The number of piperazine rings is 1. The molecule has 1 unspecified atom stereocenters. The predicted molar refractivity (Wildman–Crippen MR) is 73.4 cm³/mol. The van der Waals surface area contributed by atoms with Crippen LogP contribution >= 0.6 is 0 Å². The number of rotatable bonds is 4. The summed E-state index contributed by atoms with van der Waals surface area (Å²) in [4.78, 5) is 5.00. The van der Waals surface area contributed by atoms with E-state index >= 15 is 0 Å². The lowest BCUT2D eigenvalue weighted by Gasteiger charge is -2.45. The topological polar surface area (TPSA) is 18.5 Å². The van der Waals surface area contributed by atoms with E-state index in [1.165, 1.54) is 58.3 Å². The number of nitrogens with zero attached hydrogens (tertiary/aromatic N) is 2. The predicted octanol–water partition coefficient (Wildman–Crippen LogP) is 1.54. The molecule has 2 aliphatic rings. The Morgan fingerprint density at radius 3 is 2.65 bits per heavy atom. The van der Waals surface area contributed by atoms with E-state index in [0.717, 1.165) is 0 Å². The molecule has 0 radical (unpaired) electrons. The molecule has 0 aromatic rings. The van der Waals surface area contributed by atoms with Gasteiger partial charge in [-0.3, -0.25) is 4.90 Å². The van der Waals surface area contributed by atoms with Gasteiger partial charge in [0.25, 0.3) is 0 Å². The standard InChI is InChI=1S/C14H29N3/c1-13-11-15-14(7-4-5-8-14)12-17(13)10-6-9-16(2)3/h13,15H,4-12H2,1-3H3. The molecule has 1 atom stereocenters. The smallest absolute Gasteiger partial charge is 0.0309 e. The summed E-state index contributed by atoms with van der Waals surface area (Å²) in [6, 6.07) is 0.711. The highest BCUT2D eigenvalue weighted by atomic mass is 15.3. The fourth-order valence-corrected chi connectivity index (χ4v) is 3.37. The minimum Gasteiger partial charge on any atom is -0.309 e. The van der Waals surface area contributed by atoms with Crippen molar-refractivity contribution in [3.05, 3.63) is 0 Å². The van der Waals surface area contributed by atoms with Crippen LogP contribution < -0.4 is 5.32 Å². The highest BCUT2D eigenvalue weighted by molar-refractivity contribution is 5.00. The summed E-state index contributed by atoms with van der Waals surface area (Å²) in [6.07, 6.45) is 6.93. The third kappa shape index (κ3) is 3.43. The fourth-order valence-electron chi connectivity index (χ4n) is 3.37. The fraction of sp³-hybridized carbons (Fsp3) is 1.00. The van der Waals surface area contributed by atoms with Crippen LogP contribution in [0.15, 0.2) is 0 Å². The Labute approximate surface area is 107 Å². The van der Waals surface area contributed by atoms with Crippen molar-refractivity contribution in [2.75, 3.05) is 40.3 Å². The molecule has 1 aliphatic carbocycles. The summed E-state index contributed by atoms with van der Waals surface area (Å²) < 4.78 is 0. The number of nitrogens with one attached hydrogen (secondary N) is 1. The molecule has 1 heterocycles. The second-order valence-electron chi connectivity index (χ2n) is 6.34. The van der Waals surface area contributed by atoms with Crippen LogP contribution in [0.5, 0.6) is 0 Å². The van der Waals surface area contributed by atoms with Gasteiger partial charge in [0.1, 0.15) is 0 Å². The summed E-state index contributed by atoms with van der Waals surface area (Å²) in [5, 5.41) is 3.82. The minimum absolute atomic E-state index is 0.477. The van der Waals surface area contributed by atoms with Crippen LogP contribution in [0.4, 0.5) is 0 Å². The van der Waals surface area contributed by atoms with Crippen LogP contribution in [0.2, 0.25) is 0 Å². The molecule has 0 bridgehead atoms. The Morgan fingerprint density at radius 2 is 2.00 bits per heavy atom. The van der Waals surface area contributed by atoms with Crippen LogP contribution in [0.1, 0.15) is 39.0 Å². The molecule has 0 aromatic heterocycles. The van der Waals surface area contributed by atoms with E-state index in [1.807, 2.05) is 0 Å². The Hall–Kier alpha value is -0.120. The van der Waals surface area contributed by atoms with Crippen molar-refractivity contribution < 1.29 is 0 Å². The van der Waals surface area contributed by atoms with E-state index in [9.17, 15) is 0 Å². The van der Waals surface area contributed by atoms with Crippen molar-refractivity contribution in [1.29, 1.82) is 0 Å². The average molecular weight is 239 g/mol. The Bertz CT molecular complexity index is 234. The zero-order valence-corrected chi connectivity index (χ0v) is 11.8. The van der Waals surface area contributed by atoms with E-state index in [4.69, 9.17) is 0 Å².